The van der Waals surface area contributed by atoms with Crippen LogP contribution in [0.5, 0.6) is 11.5 Å². The molecule has 0 amide bonds. The van der Waals surface area contributed by atoms with Crippen molar-refractivity contribution < 1.29 is 19.1 Å². The van der Waals surface area contributed by atoms with E-state index in [4.69, 9.17) is 9.47 Å². The number of ketones is 2. The summed E-state index contributed by atoms with van der Waals surface area (Å²) in [6, 6.07) is 15.2. The summed E-state index contributed by atoms with van der Waals surface area (Å²) in [5.74, 6) is 3.03. The summed E-state index contributed by atoms with van der Waals surface area (Å²) in [5.41, 5.74) is 0.979. The first kappa shape index (κ1) is 21.2. The summed E-state index contributed by atoms with van der Waals surface area (Å²) in [6.45, 7) is 8.47. The van der Waals surface area contributed by atoms with E-state index in [1.807, 2.05) is 48.5 Å². The Kier molecular flexibility index (Phi) is 4.96. The van der Waals surface area contributed by atoms with Crippen molar-refractivity contribution in [2.24, 2.45) is 23.7 Å². The number of Topliss-reactive ketones (excluding diaryl/α,β-unsaturated/α-hetero) is 2. The van der Waals surface area contributed by atoms with Gasteiger partial charge in [-0.05, 0) is 75.6 Å². The summed E-state index contributed by atoms with van der Waals surface area (Å²) >= 11 is 0. The molecule has 2 fully saturated rings. The topological polar surface area (TPSA) is 52.6 Å². The molecule has 6 rings (SSSR count). The van der Waals surface area contributed by atoms with E-state index in [0.717, 1.165) is 48.3 Å². The summed E-state index contributed by atoms with van der Waals surface area (Å²) in [7, 11) is 0. The summed E-state index contributed by atoms with van der Waals surface area (Å²) < 4.78 is 12.1. The first-order valence-corrected chi connectivity index (χ1v) is 11.9. The predicted molar refractivity (Wildman–Crippen MR) is 123 cm³/mol. The third-order valence-electron chi connectivity index (χ3n) is 8.20. The molecule has 2 aliphatic carbocycles. The molecule has 0 bridgehead atoms. The van der Waals surface area contributed by atoms with E-state index in [9.17, 15) is 9.59 Å². The second-order valence-electron chi connectivity index (χ2n) is 10.5. The monoisotopic (exact) mass is 432 g/mol. The number of carbonyl (C=O) groups is 2. The number of fused-ring (bicyclic) bond motifs is 4. The van der Waals surface area contributed by atoms with Gasteiger partial charge in [-0.25, -0.2) is 0 Å². The van der Waals surface area contributed by atoms with Gasteiger partial charge in [0.25, 0.3) is 0 Å². The summed E-state index contributed by atoms with van der Waals surface area (Å²) in [4.78, 5) is 24.9. The zero-order chi connectivity index (χ0) is 22.7. The molecule has 2 aliphatic heterocycles. The van der Waals surface area contributed by atoms with E-state index < -0.39 is 0 Å². The second kappa shape index (κ2) is 7.47. The van der Waals surface area contributed by atoms with Gasteiger partial charge < -0.3 is 9.47 Å². The van der Waals surface area contributed by atoms with Crippen molar-refractivity contribution in [3.05, 3.63) is 59.7 Å². The first-order chi connectivity index (χ1) is 15.2. The van der Waals surface area contributed by atoms with Gasteiger partial charge in [0.15, 0.2) is 11.6 Å². The fourth-order valence-corrected chi connectivity index (χ4v) is 6.53. The Hall–Kier alpha value is -2.62. The van der Waals surface area contributed by atoms with Crippen LogP contribution in [0.4, 0.5) is 0 Å². The number of para-hydroxylation sites is 2. The van der Waals surface area contributed by atoms with E-state index in [1.54, 1.807) is 0 Å². The SMILES string of the molecule is C[C@@H]1CC[C@@]2(C)Oc3ccccc3C(=O)[C@@H]12.C[C@H]1CC[C@]2(C)Oc3ccccc3C(=O)[C@H]12. The molecule has 168 valence electrons. The third kappa shape index (κ3) is 3.18. The predicted octanol–water partition coefficient (Wildman–Crippen LogP) is 6.13. The van der Waals surface area contributed by atoms with Crippen LogP contribution in [-0.2, 0) is 0 Å². The van der Waals surface area contributed by atoms with E-state index in [-0.39, 0.29) is 34.6 Å². The van der Waals surface area contributed by atoms with Crippen LogP contribution < -0.4 is 9.47 Å². The van der Waals surface area contributed by atoms with Crippen LogP contribution in [0.3, 0.4) is 0 Å². The normalized spacial score (nSPS) is 36.5. The average molecular weight is 433 g/mol. The molecular weight excluding hydrogens is 400 g/mol. The Morgan fingerprint density at radius 2 is 1.06 bits per heavy atom. The van der Waals surface area contributed by atoms with Crippen molar-refractivity contribution >= 4 is 11.6 Å². The molecule has 2 aromatic carbocycles. The number of hydrogen-bond acceptors (Lipinski definition) is 4. The molecular formula is C28H32O4. The highest BCUT2D eigenvalue weighted by atomic mass is 16.5. The number of benzene rings is 2. The molecule has 4 heteroatoms. The minimum Gasteiger partial charge on any atom is -0.486 e. The Bertz CT molecular complexity index is 989. The minimum atomic E-state index is -0.273. The van der Waals surface area contributed by atoms with Crippen LogP contribution in [0.15, 0.2) is 48.5 Å². The first-order valence-electron chi connectivity index (χ1n) is 11.9. The Morgan fingerprint density at radius 3 is 1.47 bits per heavy atom. The summed E-state index contributed by atoms with van der Waals surface area (Å²) in [5, 5.41) is 0. The number of carbonyl (C=O) groups excluding carboxylic acids is 2. The van der Waals surface area contributed by atoms with Gasteiger partial charge in [-0.15, -0.1) is 0 Å². The largest absolute Gasteiger partial charge is 0.486 e. The highest BCUT2D eigenvalue weighted by Gasteiger charge is 2.53. The van der Waals surface area contributed by atoms with E-state index in [1.165, 1.54) is 0 Å². The van der Waals surface area contributed by atoms with E-state index >= 15 is 0 Å². The van der Waals surface area contributed by atoms with Gasteiger partial charge in [-0.2, -0.15) is 0 Å². The maximum absolute atomic E-state index is 12.4. The van der Waals surface area contributed by atoms with Crippen LogP contribution in [0.1, 0.15) is 74.1 Å². The van der Waals surface area contributed by atoms with E-state index in [0.29, 0.717) is 11.8 Å². The van der Waals surface area contributed by atoms with Gasteiger partial charge in [-0.1, -0.05) is 38.1 Å². The van der Waals surface area contributed by atoms with Crippen molar-refractivity contribution in [1.29, 1.82) is 0 Å². The smallest absolute Gasteiger partial charge is 0.173 e. The van der Waals surface area contributed by atoms with Crippen LogP contribution >= 0.6 is 0 Å². The fraction of sp³-hybridized carbons (Fsp3) is 0.500. The molecule has 0 radical (unpaired) electrons. The van der Waals surface area contributed by atoms with Crippen molar-refractivity contribution in [2.75, 3.05) is 0 Å². The highest BCUT2D eigenvalue weighted by Crippen LogP contribution is 2.50. The maximum atomic E-state index is 12.4. The molecule has 0 spiro atoms. The molecule has 0 unspecified atom stereocenters. The van der Waals surface area contributed by atoms with Crippen LogP contribution in [0.2, 0.25) is 0 Å². The van der Waals surface area contributed by atoms with Crippen LogP contribution in [0.25, 0.3) is 0 Å². The Balaban J connectivity index is 0.000000135. The lowest BCUT2D eigenvalue weighted by atomic mass is 9.79. The number of rotatable bonds is 0. The van der Waals surface area contributed by atoms with Gasteiger partial charge in [0, 0.05) is 0 Å². The standard InChI is InChI=1S/2C14H16O2/c2*1-9-7-8-14(2)12(9)13(15)10-5-3-4-6-11(10)16-14/h2*3-6,9,12H,7-8H2,1-2H3/t2*9-,12-,14-/m10/s1. The molecule has 2 heterocycles. The molecule has 0 saturated heterocycles. The maximum Gasteiger partial charge on any atom is 0.173 e. The lowest BCUT2D eigenvalue weighted by molar-refractivity contribution is 0.0223. The van der Waals surface area contributed by atoms with Gasteiger partial charge in [0.1, 0.15) is 22.7 Å². The lowest BCUT2D eigenvalue weighted by Gasteiger charge is -2.38. The van der Waals surface area contributed by atoms with Crippen molar-refractivity contribution in [1.82, 2.24) is 0 Å². The zero-order valence-electron chi connectivity index (χ0n) is 19.4. The second-order valence-corrected chi connectivity index (χ2v) is 10.5. The molecule has 4 aliphatic rings. The van der Waals surface area contributed by atoms with E-state index in [2.05, 4.69) is 27.7 Å². The molecule has 6 atom stereocenters. The van der Waals surface area contributed by atoms with Gasteiger partial charge >= 0.3 is 0 Å². The van der Waals surface area contributed by atoms with Crippen molar-refractivity contribution in [2.45, 2.75) is 64.6 Å². The average Bonchev–Trinajstić information content (AvgIpc) is 3.24. The lowest BCUT2D eigenvalue weighted by Crippen LogP contribution is -2.46. The quantitative estimate of drug-likeness (QED) is 0.502. The number of ether oxygens (including phenoxy) is 2. The van der Waals surface area contributed by atoms with Gasteiger partial charge in [-0.3, -0.25) is 9.59 Å². The number of hydrogen-bond donors (Lipinski definition) is 0. The molecule has 0 aromatic heterocycles. The fourth-order valence-electron chi connectivity index (χ4n) is 6.53. The Morgan fingerprint density at radius 1 is 0.688 bits per heavy atom. The van der Waals surface area contributed by atoms with Crippen molar-refractivity contribution in [3.63, 3.8) is 0 Å². The highest BCUT2D eigenvalue weighted by molar-refractivity contribution is 6.03. The zero-order valence-corrected chi connectivity index (χ0v) is 19.4. The van der Waals surface area contributed by atoms with Gasteiger partial charge in [0.2, 0.25) is 0 Å². The van der Waals surface area contributed by atoms with Crippen LogP contribution in [-0.4, -0.2) is 22.8 Å². The van der Waals surface area contributed by atoms with Gasteiger partial charge in [0.05, 0.1) is 23.0 Å². The van der Waals surface area contributed by atoms with Crippen molar-refractivity contribution in [3.8, 4) is 11.5 Å². The Labute approximate surface area is 190 Å². The molecule has 2 saturated carbocycles. The molecule has 32 heavy (non-hydrogen) atoms. The molecule has 0 N–H and O–H groups in total. The molecule has 2 aromatic rings. The van der Waals surface area contributed by atoms with Crippen LogP contribution in [0, 0.1) is 23.7 Å². The summed E-state index contributed by atoms with van der Waals surface area (Å²) in [6.07, 6.45) is 4.14. The minimum absolute atomic E-state index is 0.0439. The third-order valence-corrected chi connectivity index (χ3v) is 8.20. The molecule has 4 nitrogen and oxygen atoms in total.